The van der Waals surface area contributed by atoms with E-state index in [0.717, 1.165) is 55.8 Å². The summed E-state index contributed by atoms with van der Waals surface area (Å²) in [5.74, 6) is 1.56. The van der Waals surface area contributed by atoms with E-state index in [0.29, 0.717) is 11.8 Å². The summed E-state index contributed by atoms with van der Waals surface area (Å²) >= 11 is 0. The number of imidazole rings is 1. The third-order valence-electron chi connectivity index (χ3n) is 8.53. The smallest absolute Gasteiger partial charge is 0.0774 e. The molecule has 0 aliphatic heterocycles. The van der Waals surface area contributed by atoms with Crippen LogP contribution in [0.3, 0.4) is 0 Å². The minimum atomic E-state index is 0. The minimum absolute atomic E-state index is 0. The fourth-order valence-corrected chi connectivity index (χ4v) is 6.13. The van der Waals surface area contributed by atoms with Crippen LogP contribution < -0.4 is 0 Å². The van der Waals surface area contributed by atoms with Gasteiger partial charge >= 0.3 is 0 Å². The Kier molecular flexibility index (Phi) is 10.3. The maximum absolute atomic E-state index is 5.95. The van der Waals surface area contributed by atoms with Crippen molar-refractivity contribution in [2.45, 2.75) is 39.5 Å². The average Bonchev–Trinajstić information content (AvgIpc) is 3.73. The summed E-state index contributed by atoms with van der Waals surface area (Å²) in [5.41, 5.74) is 11.7. The zero-order valence-electron chi connectivity index (χ0n) is 27.9. The van der Waals surface area contributed by atoms with Gasteiger partial charge in [0.15, 0.2) is 0 Å². The summed E-state index contributed by atoms with van der Waals surface area (Å²) in [6, 6.07) is 42.1. The number of aromatic nitrogens is 4. The van der Waals surface area contributed by atoms with Gasteiger partial charge in [0.05, 0.1) is 16.9 Å². The number of pyridine rings is 2. The van der Waals surface area contributed by atoms with Gasteiger partial charge in [-0.05, 0) is 70.1 Å². The summed E-state index contributed by atoms with van der Waals surface area (Å²) in [5, 5.41) is 0.994. The van der Waals surface area contributed by atoms with E-state index in [4.69, 9.17) is 9.40 Å². The number of rotatable bonds is 6. The zero-order chi connectivity index (χ0) is 33.0. The van der Waals surface area contributed by atoms with Crippen LogP contribution in [0.15, 0.2) is 138 Å². The molecule has 0 fully saturated rings. The van der Waals surface area contributed by atoms with Gasteiger partial charge < -0.3 is 14.0 Å². The predicted octanol–water partition coefficient (Wildman–Crippen LogP) is 11.1. The van der Waals surface area contributed by atoms with Crippen molar-refractivity contribution in [1.82, 2.24) is 19.5 Å². The first-order chi connectivity index (χ1) is 23.5. The van der Waals surface area contributed by atoms with Crippen molar-refractivity contribution in [3.63, 3.8) is 0 Å². The molecule has 1 radical (unpaired) electrons. The van der Waals surface area contributed by atoms with E-state index in [1.54, 1.807) is 6.20 Å². The summed E-state index contributed by atoms with van der Waals surface area (Å²) in [7, 11) is 0. The molecule has 0 N–H and O–H groups in total. The Morgan fingerprint density at radius 1 is 0.694 bits per heavy atom. The summed E-state index contributed by atoms with van der Waals surface area (Å²) in [6.07, 6.45) is 8.63. The summed E-state index contributed by atoms with van der Waals surface area (Å²) in [6.45, 7) is 9.01. The van der Waals surface area contributed by atoms with Crippen LogP contribution in [0.4, 0.5) is 0 Å². The van der Waals surface area contributed by atoms with Gasteiger partial charge in [0.25, 0.3) is 0 Å². The molecule has 0 saturated heterocycles. The van der Waals surface area contributed by atoms with Gasteiger partial charge in [-0.1, -0.05) is 99.3 Å². The molecule has 0 aliphatic carbocycles. The van der Waals surface area contributed by atoms with Gasteiger partial charge in [0, 0.05) is 56.2 Å². The second-order valence-corrected chi connectivity index (χ2v) is 12.4. The van der Waals surface area contributed by atoms with Crippen LogP contribution in [0.25, 0.3) is 61.5 Å². The third-order valence-corrected chi connectivity index (χ3v) is 8.53. The molecule has 8 rings (SSSR count). The molecular weight excluding hydrogens is 781 g/mol. The SMILES string of the molecule is CC(C)c1cccc(C(C)C)c1-n1c(-c2[c-]oc3ccc(-c4ccncc4)cc23)nc2ccccc21.[Ir].[c-]1ccccc1-c1ccccn1. The number of para-hydroxylation sites is 3. The number of furan rings is 1. The van der Waals surface area contributed by atoms with Crippen LogP contribution in [0.2, 0.25) is 0 Å². The summed E-state index contributed by atoms with van der Waals surface area (Å²) in [4.78, 5) is 13.5. The van der Waals surface area contributed by atoms with Gasteiger partial charge in [-0.15, -0.1) is 35.9 Å². The molecule has 4 heterocycles. The fourth-order valence-electron chi connectivity index (χ4n) is 6.13. The van der Waals surface area contributed by atoms with Crippen molar-refractivity contribution in [3.8, 4) is 39.5 Å². The molecule has 5 nitrogen and oxygen atoms in total. The molecule has 245 valence electrons. The molecule has 4 aromatic carbocycles. The van der Waals surface area contributed by atoms with Crippen LogP contribution in [-0.2, 0) is 20.1 Å². The molecule has 0 saturated carbocycles. The van der Waals surface area contributed by atoms with Crippen molar-refractivity contribution >= 4 is 22.0 Å². The molecule has 49 heavy (non-hydrogen) atoms. The third kappa shape index (κ3) is 6.89. The molecule has 8 aromatic rings. The van der Waals surface area contributed by atoms with E-state index in [9.17, 15) is 0 Å². The predicted molar refractivity (Wildman–Crippen MR) is 195 cm³/mol. The van der Waals surface area contributed by atoms with Gasteiger partial charge in [-0.3, -0.25) is 9.97 Å². The number of fused-ring (bicyclic) bond motifs is 2. The maximum Gasteiger partial charge on any atom is 0.0774 e. The molecule has 0 aliphatic rings. The quantitative estimate of drug-likeness (QED) is 0.157. The Morgan fingerprint density at radius 2 is 1.43 bits per heavy atom. The van der Waals surface area contributed by atoms with Gasteiger partial charge in [0.1, 0.15) is 0 Å². The second-order valence-electron chi connectivity index (χ2n) is 12.4. The topological polar surface area (TPSA) is 56.7 Å². The normalized spacial score (nSPS) is 11.1. The van der Waals surface area contributed by atoms with Gasteiger partial charge in [0.2, 0.25) is 0 Å². The minimum Gasteiger partial charge on any atom is -0.557 e. The van der Waals surface area contributed by atoms with Crippen molar-refractivity contribution in [2.75, 3.05) is 0 Å². The molecule has 6 heteroatoms. The molecule has 0 atom stereocenters. The van der Waals surface area contributed by atoms with E-state index in [1.165, 1.54) is 16.8 Å². The monoisotopic (exact) mass is 817 g/mol. The first-order valence-electron chi connectivity index (χ1n) is 16.3. The van der Waals surface area contributed by atoms with E-state index in [-0.39, 0.29) is 20.1 Å². The van der Waals surface area contributed by atoms with Crippen LogP contribution in [0.1, 0.15) is 50.7 Å². The maximum atomic E-state index is 5.95. The summed E-state index contributed by atoms with van der Waals surface area (Å²) < 4.78 is 8.27. The Morgan fingerprint density at radius 3 is 2.12 bits per heavy atom. The Bertz CT molecular complexity index is 2230. The van der Waals surface area contributed by atoms with Gasteiger partial charge in [-0.2, -0.15) is 0 Å². The standard InChI is InChI=1S/C32H28N3O.C11H8N.Ir/c1-20(2)24-8-7-9-25(21(3)4)31(24)35-29-11-6-5-10-28(29)34-32(35)27-19-36-30-13-12-23(18-26(27)30)22-14-16-33-17-15-22;1-2-6-10(7-3-1)11-8-4-5-9-12-11;/h5-18,20-21H,1-4H3;1-6,8-9H;/q2*-1;. The number of hydrogen-bond donors (Lipinski definition) is 0. The van der Waals surface area contributed by atoms with Crippen molar-refractivity contribution in [2.24, 2.45) is 0 Å². The van der Waals surface area contributed by atoms with Crippen molar-refractivity contribution < 1.29 is 24.5 Å². The van der Waals surface area contributed by atoms with Crippen molar-refractivity contribution in [1.29, 1.82) is 0 Å². The molecule has 0 spiro atoms. The second kappa shape index (κ2) is 14.9. The number of hydrogen-bond acceptors (Lipinski definition) is 4. The van der Waals surface area contributed by atoms with E-state index in [1.807, 2.05) is 79.1 Å². The van der Waals surface area contributed by atoms with Crippen molar-refractivity contribution in [3.05, 3.63) is 157 Å². The molecule has 0 unspecified atom stereocenters. The van der Waals surface area contributed by atoms with E-state index in [2.05, 4.69) is 103 Å². The fraction of sp³-hybridized carbons (Fsp3) is 0.140. The van der Waals surface area contributed by atoms with Crippen LogP contribution in [0, 0.1) is 12.3 Å². The van der Waals surface area contributed by atoms with Crippen LogP contribution in [0.5, 0.6) is 0 Å². The van der Waals surface area contributed by atoms with Gasteiger partial charge in [-0.25, -0.2) is 0 Å². The molecular formula is C43H36IrN4O-2. The number of benzene rings is 4. The van der Waals surface area contributed by atoms with E-state index >= 15 is 0 Å². The Labute approximate surface area is 301 Å². The zero-order valence-corrected chi connectivity index (χ0v) is 30.3. The average molecular weight is 817 g/mol. The molecule has 0 bridgehead atoms. The number of nitrogens with zero attached hydrogens (tertiary/aromatic N) is 4. The Balaban J connectivity index is 0.000000270. The first kappa shape index (κ1) is 33.7. The Hall–Kier alpha value is -5.16. The largest absolute Gasteiger partial charge is 0.557 e. The molecule has 4 aromatic heterocycles. The first-order valence-corrected chi connectivity index (χ1v) is 16.3. The van der Waals surface area contributed by atoms with Crippen LogP contribution >= 0.6 is 0 Å². The molecule has 0 amide bonds. The van der Waals surface area contributed by atoms with E-state index < -0.39 is 0 Å². The van der Waals surface area contributed by atoms with Crippen LogP contribution in [-0.4, -0.2) is 19.5 Å².